The molecule has 0 amide bonds. The zero-order valence-electron chi connectivity index (χ0n) is 11.4. The van der Waals surface area contributed by atoms with Gasteiger partial charge in [-0.05, 0) is 45.9 Å². The fourth-order valence-corrected chi connectivity index (χ4v) is 6.90. The largest absolute Gasteiger partial charge is 0.249 e. The minimum atomic E-state index is 1.09. The molecule has 2 aromatic rings. The van der Waals surface area contributed by atoms with Crippen molar-refractivity contribution >= 4 is 54.9 Å². The van der Waals surface area contributed by atoms with Gasteiger partial charge in [0.05, 0.1) is 0 Å². The third-order valence-electron chi connectivity index (χ3n) is 2.19. The summed E-state index contributed by atoms with van der Waals surface area (Å²) in [4.78, 5) is 8.58. The van der Waals surface area contributed by atoms with Crippen molar-refractivity contribution in [3.05, 3.63) is 48.8 Å². The summed E-state index contributed by atoms with van der Waals surface area (Å²) < 4.78 is 0. The lowest BCUT2D eigenvalue weighted by molar-refractivity contribution is 1.14. The molecule has 0 aliphatic rings. The van der Waals surface area contributed by atoms with Crippen molar-refractivity contribution in [3.8, 4) is 0 Å². The van der Waals surface area contributed by atoms with Gasteiger partial charge in [0.1, 0.15) is 10.1 Å². The van der Waals surface area contributed by atoms with Crippen molar-refractivity contribution in [1.29, 1.82) is 0 Å². The van der Waals surface area contributed by atoms with Crippen LogP contribution in [0.4, 0.5) is 0 Å². The van der Waals surface area contributed by atoms with Crippen LogP contribution in [0.2, 0.25) is 0 Å². The lowest BCUT2D eigenvalue weighted by atomic mass is 10.5. The first-order valence-electron chi connectivity index (χ1n) is 6.44. The maximum atomic E-state index is 4.29. The minimum Gasteiger partial charge on any atom is -0.249 e. The van der Waals surface area contributed by atoms with E-state index in [1.165, 1.54) is 11.5 Å². The highest BCUT2D eigenvalue weighted by molar-refractivity contribution is 8.77. The second-order valence-corrected chi connectivity index (χ2v) is 9.86. The van der Waals surface area contributed by atoms with Gasteiger partial charge in [0.15, 0.2) is 0 Å². The van der Waals surface area contributed by atoms with Gasteiger partial charge in [-0.15, -0.1) is 0 Å². The van der Waals surface area contributed by atoms with Crippen LogP contribution in [0.5, 0.6) is 0 Å². The van der Waals surface area contributed by atoms with E-state index in [2.05, 4.69) is 22.1 Å². The maximum absolute atomic E-state index is 4.29. The van der Waals surface area contributed by atoms with E-state index >= 15 is 0 Å². The number of aromatic nitrogens is 2. The summed E-state index contributed by atoms with van der Waals surface area (Å²) in [6, 6.07) is 12.1. The number of thioether (sulfide) groups is 1. The molecule has 2 heterocycles. The third kappa shape index (κ3) is 8.30. The SMILES string of the molecule is c1ccc(SSCCSCCSSc2ccccn2)nc1. The Balaban J connectivity index is 1.40. The first kappa shape index (κ1) is 17.4. The molecule has 0 radical (unpaired) electrons. The van der Waals surface area contributed by atoms with Gasteiger partial charge in [0, 0.05) is 35.4 Å². The van der Waals surface area contributed by atoms with Crippen molar-refractivity contribution in [2.24, 2.45) is 0 Å². The van der Waals surface area contributed by atoms with Crippen molar-refractivity contribution < 1.29 is 0 Å². The molecular formula is C14H16N2S5. The molecule has 0 unspecified atom stereocenters. The van der Waals surface area contributed by atoms with E-state index < -0.39 is 0 Å². The fourth-order valence-electron chi connectivity index (χ4n) is 1.28. The lowest BCUT2D eigenvalue weighted by Crippen LogP contribution is -1.87. The molecule has 0 aromatic carbocycles. The molecule has 21 heavy (non-hydrogen) atoms. The van der Waals surface area contributed by atoms with Crippen LogP contribution in [0.25, 0.3) is 0 Å². The normalized spacial score (nSPS) is 10.7. The van der Waals surface area contributed by atoms with Crippen molar-refractivity contribution in [2.75, 3.05) is 23.0 Å². The first-order valence-corrected chi connectivity index (χ1v) is 12.2. The van der Waals surface area contributed by atoms with Crippen LogP contribution < -0.4 is 0 Å². The Morgan fingerprint density at radius 2 is 1.19 bits per heavy atom. The maximum Gasteiger partial charge on any atom is 0.106 e. The van der Waals surface area contributed by atoms with Gasteiger partial charge in [-0.25, -0.2) is 9.97 Å². The highest BCUT2D eigenvalue weighted by Crippen LogP contribution is 2.31. The highest BCUT2D eigenvalue weighted by atomic mass is 33.1. The van der Waals surface area contributed by atoms with Crippen molar-refractivity contribution in [2.45, 2.75) is 10.1 Å². The van der Waals surface area contributed by atoms with Gasteiger partial charge >= 0.3 is 0 Å². The monoisotopic (exact) mass is 372 g/mol. The van der Waals surface area contributed by atoms with Crippen LogP contribution in [0, 0.1) is 0 Å². The van der Waals surface area contributed by atoms with Crippen molar-refractivity contribution in [3.63, 3.8) is 0 Å². The van der Waals surface area contributed by atoms with Crippen LogP contribution in [-0.2, 0) is 0 Å². The molecule has 2 aromatic heterocycles. The zero-order valence-corrected chi connectivity index (χ0v) is 15.5. The van der Waals surface area contributed by atoms with E-state index in [4.69, 9.17) is 0 Å². The van der Waals surface area contributed by atoms with E-state index in [1.807, 2.05) is 70.0 Å². The standard InChI is InChI=1S/C14H16N2S5/c1-3-7-15-13(5-1)20-18-11-9-17-10-12-19-21-14-6-2-4-8-16-14/h1-8H,9-12H2. The second-order valence-electron chi connectivity index (χ2n) is 3.76. The molecule has 2 rings (SSSR count). The predicted molar refractivity (Wildman–Crippen MR) is 102 cm³/mol. The summed E-state index contributed by atoms with van der Waals surface area (Å²) >= 11 is 2.01. The minimum absolute atomic E-state index is 1.09. The summed E-state index contributed by atoms with van der Waals surface area (Å²) in [5.74, 6) is 4.70. The molecule has 0 saturated carbocycles. The van der Waals surface area contributed by atoms with E-state index in [-0.39, 0.29) is 0 Å². The van der Waals surface area contributed by atoms with Crippen LogP contribution in [0.15, 0.2) is 58.8 Å². The van der Waals surface area contributed by atoms with Crippen LogP contribution >= 0.6 is 54.9 Å². The Hall–Kier alpha value is 0.0500. The summed E-state index contributed by atoms with van der Waals surface area (Å²) in [5, 5.41) is 2.18. The average molecular weight is 373 g/mol. The van der Waals surface area contributed by atoms with Crippen LogP contribution in [0.1, 0.15) is 0 Å². The Bertz CT molecular complexity index is 438. The van der Waals surface area contributed by atoms with E-state index in [0.717, 1.165) is 21.6 Å². The molecule has 0 bridgehead atoms. The molecular weight excluding hydrogens is 357 g/mol. The molecule has 0 aliphatic heterocycles. The average Bonchev–Trinajstić information content (AvgIpc) is 2.55. The number of nitrogens with zero attached hydrogens (tertiary/aromatic N) is 2. The van der Waals surface area contributed by atoms with E-state index in [9.17, 15) is 0 Å². The summed E-state index contributed by atoms with van der Waals surface area (Å²) in [7, 11) is 7.28. The molecule has 0 saturated heterocycles. The molecule has 7 heteroatoms. The first-order chi connectivity index (χ1) is 10.4. The summed E-state index contributed by atoms with van der Waals surface area (Å²) in [6.45, 7) is 0. The smallest absolute Gasteiger partial charge is 0.106 e. The molecule has 0 spiro atoms. The Morgan fingerprint density at radius 1 is 0.667 bits per heavy atom. The number of hydrogen-bond donors (Lipinski definition) is 0. The van der Waals surface area contributed by atoms with E-state index in [0.29, 0.717) is 0 Å². The molecule has 0 N–H and O–H groups in total. The molecule has 112 valence electrons. The Kier molecular flexibility index (Phi) is 9.61. The fraction of sp³-hybridized carbons (Fsp3) is 0.286. The highest BCUT2D eigenvalue weighted by Gasteiger charge is 1.97. The molecule has 0 aliphatic carbocycles. The summed E-state index contributed by atoms with van der Waals surface area (Å²) in [5.41, 5.74) is 0. The third-order valence-corrected chi connectivity index (χ3v) is 8.22. The molecule has 0 atom stereocenters. The lowest BCUT2D eigenvalue weighted by Gasteiger charge is -2.02. The second kappa shape index (κ2) is 11.6. The van der Waals surface area contributed by atoms with Gasteiger partial charge in [-0.1, -0.05) is 33.7 Å². The van der Waals surface area contributed by atoms with Crippen LogP contribution in [-0.4, -0.2) is 33.0 Å². The van der Waals surface area contributed by atoms with Gasteiger partial charge in [-0.3, -0.25) is 0 Å². The number of rotatable bonds is 10. The van der Waals surface area contributed by atoms with Gasteiger partial charge < -0.3 is 0 Å². The topological polar surface area (TPSA) is 25.8 Å². The number of hydrogen-bond acceptors (Lipinski definition) is 7. The predicted octanol–water partition coefficient (Wildman–Crippen LogP) is 5.39. The zero-order chi connectivity index (χ0) is 14.6. The molecule has 0 fully saturated rings. The Labute approximate surface area is 146 Å². The van der Waals surface area contributed by atoms with Gasteiger partial charge in [0.2, 0.25) is 0 Å². The van der Waals surface area contributed by atoms with Crippen LogP contribution in [0.3, 0.4) is 0 Å². The van der Waals surface area contributed by atoms with E-state index in [1.54, 1.807) is 21.6 Å². The Morgan fingerprint density at radius 3 is 1.62 bits per heavy atom. The summed E-state index contributed by atoms with van der Waals surface area (Å²) in [6.07, 6.45) is 3.68. The molecule has 2 nitrogen and oxygen atoms in total. The number of pyridine rings is 2. The van der Waals surface area contributed by atoms with Crippen molar-refractivity contribution in [1.82, 2.24) is 9.97 Å². The van der Waals surface area contributed by atoms with Gasteiger partial charge in [0.25, 0.3) is 0 Å². The quantitative estimate of drug-likeness (QED) is 0.407. The van der Waals surface area contributed by atoms with Gasteiger partial charge in [-0.2, -0.15) is 11.8 Å².